The van der Waals surface area contributed by atoms with E-state index >= 15 is 0 Å². The second-order valence-electron chi connectivity index (χ2n) is 11.0. The van der Waals surface area contributed by atoms with Crippen LogP contribution in [0, 0.1) is 23.7 Å². The highest BCUT2D eigenvalue weighted by molar-refractivity contribution is 4.94. The van der Waals surface area contributed by atoms with Gasteiger partial charge in [-0.25, -0.2) is 0 Å². The molecule has 5 aliphatic rings. The fourth-order valence-corrected chi connectivity index (χ4v) is 8.07. The van der Waals surface area contributed by atoms with Crippen molar-refractivity contribution in [2.45, 2.75) is 121 Å². The number of nitrogens with one attached hydrogen (secondary N) is 1. The third-order valence-corrected chi connectivity index (χ3v) is 9.59. The Morgan fingerprint density at radius 1 is 0.593 bits per heavy atom. The lowest BCUT2D eigenvalue weighted by Gasteiger charge is -2.44. The monoisotopic (exact) mass is 372 g/mol. The molecule has 2 nitrogen and oxygen atoms in total. The van der Waals surface area contributed by atoms with Gasteiger partial charge in [0.25, 0.3) is 0 Å². The number of hydrogen-bond acceptors (Lipinski definition) is 2. The number of fused-ring (bicyclic) bond motifs is 2. The van der Waals surface area contributed by atoms with Gasteiger partial charge in [-0.2, -0.15) is 0 Å². The molecule has 7 unspecified atom stereocenters. The predicted molar refractivity (Wildman–Crippen MR) is 114 cm³/mol. The average Bonchev–Trinajstić information content (AvgIpc) is 3.20. The molecule has 154 valence electrons. The van der Waals surface area contributed by atoms with Crippen LogP contribution in [-0.4, -0.2) is 36.1 Å². The van der Waals surface area contributed by atoms with Gasteiger partial charge in [-0.05, 0) is 81.6 Å². The van der Waals surface area contributed by atoms with E-state index in [1.54, 1.807) is 12.8 Å². The molecule has 1 N–H and O–H groups in total. The summed E-state index contributed by atoms with van der Waals surface area (Å²) in [6.45, 7) is 2.68. The first-order valence-corrected chi connectivity index (χ1v) is 12.9. The van der Waals surface area contributed by atoms with E-state index in [9.17, 15) is 0 Å². The molecule has 0 aromatic carbocycles. The van der Waals surface area contributed by atoms with Crippen LogP contribution in [0.3, 0.4) is 0 Å². The SMILES string of the molecule is C1CCC2CC(NCC3CCCN3C3CCC4CCCCC4C3)CCC2C1. The van der Waals surface area contributed by atoms with E-state index in [0.717, 1.165) is 41.8 Å². The van der Waals surface area contributed by atoms with Crippen molar-refractivity contribution in [2.75, 3.05) is 13.1 Å². The minimum Gasteiger partial charge on any atom is -0.312 e. The summed E-state index contributed by atoms with van der Waals surface area (Å²) >= 11 is 0. The molecule has 1 aliphatic heterocycles. The van der Waals surface area contributed by atoms with Crippen molar-refractivity contribution < 1.29 is 0 Å². The van der Waals surface area contributed by atoms with Crippen LogP contribution < -0.4 is 5.32 Å². The molecule has 0 bridgehead atoms. The third kappa shape index (κ3) is 4.27. The number of nitrogens with zero attached hydrogens (tertiary/aromatic N) is 1. The summed E-state index contributed by atoms with van der Waals surface area (Å²) < 4.78 is 0. The Labute approximate surface area is 168 Å². The van der Waals surface area contributed by atoms with E-state index in [1.807, 2.05) is 0 Å². The Bertz CT molecular complexity index is 477. The third-order valence-electron chi connectivity index (χ3n) is 9.59. The first-order valence-electron chi connectivity index (χ1n) is 12.9. The van der Waals surface area contributed by atoms with Gasteiger partial charge in [0.1, 0.15) is 0 Å². The van der Waals surface area contributed by atoms with Gasteiger partial charge in [-0.1, -0.05) is 51.4 Å². The van der Waals surface area contributed by atoms with Crippen LogP contribution >= 0.6 is 0 Å². The first-order chi connectivity index (χ1) is 13.4. The molecule has 0 aromatic heterocycles. The quantitative estimate of drug-likeness (QED) is 0.675. The largest absolute Gasteiger partial charge is 0.312 e. The molecule has 5 rings (SSSR count). The van der Waals surface area contributed by atoms with Crippen LogP contribution in [0.4, 0.5) is 0 Å². The van der Waals surface area contributed by atoms with Crippen molar-refractivity contribution in [3.05, 3.63) is 0 Å². The lowest BCUT2D eigenvalue weighted by atomic mass is 9.69. The highest BCUT2D eigenvalue weighted by atomic mass is 15.2. The number of hydrogen-bond donors (Lipinski definition) is 1. The van der Waals surface area contributed by atoms with Gasteiger partial charge < -0.3 is 5.32 Å². The molecule has 5 fully saturated rings. The highest BCUT2D eigenvalue weighted by Crippen LogP contribution is 2.43. The summed E-state index contributed by atoms with van der Waals surface area (Å²) in [5, 5.41) is 4.08. The second-order valence-corrected chi connectivity index (χ2v) is 11.0. The molecule has 2 heteroatoms. The van der Waals surface area contributed by atoms with Crippen molar-refractivity contribution in [1.82, 2.24) is 10.2 Å². The molecule has 0 spiro atoms. The van der Waals surface area contributed by atoms with Crippen LogP contribution in [0.15, 0.2) is 0 Å². The normalized spacial score (nSPS) is 46.0. The van der Waals surface area contributed by atoms with Crippen molar-refractivity contribution in [3.63, 3.8) is 0 Å². The highest BCUT2D eigenvalue weighted by Gasteiger charge is 2.38. The fraction of sp³-hybridized carbons (Fsp3) is 1.00. The maximum Gasteiger partial charge on any atom is 0.0224 e. The van der Waals surface area contributed by atoms with Gasteiger partial charge in [0.05, 0.1) is 0 Å². The smallest absolute Gasteiger partial charge is 0.0224 e. The molecule has 1 heterocycles. The Kier molecular flexibility index (Phi) is 6.12. The lowest BCUT2D eigenvalue weighted by molar-refractivity contribution is 0.0639. The summed E-state index contributed by atoms with van der Waals surface area (Å²) in [4.78, 5) is 2.98. The minimum atomic E-state index is 0.834. The zero-order valence-electron chi connectivity index (χ0n) is 17.7. The van der Waals surface area contributed by atoms with E-state index in [-0.39, 0.29) is 0 Å². The topological polar surface area (TPSA) is 15.3 Å². The van der Waals surface area contributed by atoms with Crippen molar-refractivity contribution in [2.24, 2.45) is 23.7 Å². The summed E-state index contributed by atoms with van der Waals surface area (Å²) in [7, 11) is 0. The summed E-state index contributed by atoms with van der Waals surface area (Å²) in [5.41, 5.74) is 0. The van der Waals surface area contributed by atoms with Gasteiger partial charge in [0, 0.05) is 24.7 Å². The maximum atomic E-state index is 4.08. The van der Waals surface area contributed by atoms with Crippen molar-refractivity contribution in [1.29, 1.82) is 0 Å². The van der Waals surface area contributed by atoms with Gasteiger partial charge in [-0.3, -0.25) is 4.90 Å². The van der Waals surface area contributed by atoms with Crippen LogP contribution in [0.2, 0.25) is 0 Å². The standard InChI is InChI=1S/C25H44N2/c1-3-8-21-16-23(13-11-19(21)6-1)26-18-25-10-5-15-27(25)24-14-12-20-7-2-4-9-22(20)17-24/h19-26H,1-18H2. The van der Waals surface area contributed by atoms with Crippen LogP contribution in [0.1, 0.15) is 103 Å². The molecular weight excluding hydrogens is 328 g/mol. The molecule has 27 heavy (non-hydrogen) atoms. The van der Waals surface area contributed by atoms with Gasteiger partial charge >= 0.3 is 0 Å². The van der Waals surface area contributed by atoms with Crippen molar-refractivity contribution >= 4 is 0 Å². The fourth-order valence-electron chi connectivity index (χ4n) is 8.07. The molecule has 1 saturated heterocycles. The Morgan fingerprint density at radius 3 is 2.04 bits per heavy atom. The Balaban J connectivity index is 1.12. The predicted octanol–water partition coefficient (Wildman–Crippen LogP) is 5.76. The Hall–Kier alpha value is -0.0800. The molecule has 4 aliphatic carbocycles. The second kappa shape index (κ2) is 8.74. The molecule has 7 atom stereocenters. The zero-order valence-corrected chi connectivity index (χ0v) is 17.7. The Morgan fingerprint density at radius 2 is 1.26 bits per heavy atom. The van der Waals surface area contributed by atoms with Gasteiger partial charge in [0.15, 0.2) is 0 Å². The van der Waals surface area contributed by atoms with E-state index in [2.05, 4.69) is 10.2 Å². The molecule has 0 aromatic rings. The molecule has 0 radical (unpaired) electrons. The van der Waals surface area contributed by atoms with Crippen LogP contribution in [0.25, 0.3) is 0 Å². The van der Waals surface area contributed by atoms with Crippen molar-refractivity contribution in [3.8, 4) is 0 Å². The van der Waals surface area contributed by atoms with Crippen LogP contribution in [0.5, 0.6) is 0 Å². The minimum absolute atomic E-state index is 0.834. The molecular formula is C25H44N2. The maximum absolute atomic E-state index is 4.08. The molecule has 0 amide bonds. The summed E-state index contributed by atoms with van der Waals surface area (Å²) in [6, 6.07) is 2.60. The summed E-state index contributed by atoms with van der Waals surface area (Å²) in [6.07, 6.45) is 24.2. The first kappa shape index (κ1) is 18.9. The zero-order chi connectivity index (χ0) is 18.1. The van der Waals surface area contributed by atoms with Gasteiger partial charge in [0.2, 0.25) is 0 Å². The van der Waals surface area contributed by atoms with E-state index in [1.165, 1.54) is 103 Å². The van der Waals surface area contributed by atoms with E-state index in [0.29, 0.717) is 0 Å². The number of likely N-dealkylation sites (tertiary alicyclic amines) is 1. The average molecular weight is 373 g/mol. The van der Waals surface area contributed by atoms with E-state index < -0.39 is 0 Å². The number of rotatable bonds is 4. The van der Waals surface area contributed by atoms with Crippen LogP contribution in [-0.2, 0) is 0 Å². The summed E-state index contributed by atoms with van der Waals surface area (Å²) in [5.74, 6) is 4.32. The van der Waals surface area contributed by atoms with E-state index in [4.69, 9.17) is 0 Å². The van der Waals surface area contributed by atoms with Gasteiger partial charge in [-0.15, -0.1) is 0 Å². The molecule has 4 saturated carbocycles. The lowest BCUT2D eigenvalue weighted by Crippen LogP contribution is -2.49.